The second-order valence-electron chi connectivity index (χ2n) is 5.15. The van der Waals surface area contributed by atoms with Crippen molar-refractivity contribution in [2.45, 2.75) is 6.92 Å². The molecule has 0 saturated carbocycles. The first-order valence-electron chi connectivity index (χ1n) is 6.97. The first-order valence-corrected chi connectivity index (χ1v) is 6.97. The Morgan fingerprint density at radius 1 is 1.45 bits per heavy atom. The molecule has 2 aromatic heterocycles. The zero-order chi connectivity index (χ0) is 15.9. The number of anilines is 1. The molecule has 0 fully saturated rings. The minimum Gasteiger partial charge on any atom is -0.458 e. The standard InChI is InChI=1S/C17H17N3O2/c1-4-9-22-17(21)13-10(2)19-16-14(15(13)18)11-7-5-6-8-12(11)20(16)3/h4-8H,1,9H2,2-3H3,(H2,18,19). The number of esters is 1. The summed E-state index contributed by atoms with van der Waals surface area (Å²) in [5.74, 6) is -0.475. The van der Waals surface area contributed by atoms with Crippen LogP contribution in [-0.4, -0.2) is 22.1 Å². The maximum Gasteiger partial charge on any atom is 0.342 e. The van der Waals surface area contributed by atoms with Crippen molar-refractivity contribution in [1.29, 1.82) is 0 Å². The van der Waals surface area contributed by atoms with Crippen molar-refractivity contribution in [2.24, 2.45) is 7.05 Å². The smallest absolute Gasteiger partial charge is 0.342 e. The van der Waals surface area contributed by atoms with Crippen LogP contribution in [0, 0.1) is 6.92 Å². The van der Waals surface area contributed by atoms with Crippen molar-refractivity contribution in [1.82, 2.24) is 9.55 Å². The molecule has 0 radical (unpaired) electrons. The lowest BCUT2D eigenvalue weighted by atomic mass is 10.1. The molecule has 0 aliphatic carbocycles. The van der Waals surface area contributed by atoms with Gasteiger partial charge in [0.1, 0.15) is 17.8 Å². The molecular formula is C17H17N3O2. The van der Waals surface area contributed by atoms with Crippen molar-refractivity contribution >= 4 is 33.6 Å². The minimum absolute atomic E-state index is 0.144. The lowest BCUT2D eigenvalue weighted by molar-refractivity contribution is 0.0550. The van der Waals surface area contributed by atoms with Crippen molar-refractivity contribution < 1.29 is 9.53 Å². The number of hydrogen-bond acceptors (Lipinski definition) is 4. The van der Waals surface area contributed by atoms with E-state index in [0.717, 1.165) is 21.9 Å². The van der Waals surface area contributed by atoms with Gasteiger partial charge in [-0.15, -0.1) is 0 Å². The summed E-state index contributed by atoms with van der Waals surface area (Å²) < 4.78 is 7.10. The number of benzene rings is 1. The molecule has 0 aliphatic rings. The molecule has 3 rings (SSSR count). The number of aryl methyl sites for hydroxylation is 2. The number of carbonyl (C=O) groups is 1. The van der Waals surface area contributed by atoms with E-state index in [9.17, 15) is 4.79 Å². The van der Waals surface area contributed by atoms with E-state index in [1.165, 1.54) is 6.08 Å². The Morgan fingerprint density at radius 2 is 2.18 bits per heavy atom. The second-order valence-corrected chi connectivity index (χ2v) is 5.15. The third-order valence-electron chi connectivity index (χ3n) is 3.79. The predicted octanol–water partition coefficient (Wildman–Crippen LogP) is 2.96. The van der Waals surface area contributed by atoms with Crippen molar-refractivity contribution in [2.75, 3.05) is 12.3 Å². The largest absolute Gasteiger partial charge is 0.458 e. The lowest BCUT2D eigenvalue weighted by Gasteiger charge is -2.10. The van der Waals surface area contributed by atoms with E-state index in [4.69, 9.17) is 10.5 Å². The van der Waals surface area contributed by atoms with Crippen LogP contribution in [0.25, 0.3) is 21.9 Å². The molecule has 2 heterocycles. The third kappa shape index (κ3) is 1.94. The van der Waals surface area contributed by atoms with Gasteiger partial charge in [0.25, 0.3) is 0 Å². The monoisotopic (exact) mass is 295 g/mol. The van der Waals surface area contributed by atoms with Crippen LogP contribution in [-0.2, 0) is 11.8 Å². The molecule has 2 N–H and O–H groups in total. The Balaban J connectivity index is 2.34. The normalized spacial score (nSPS) is 11.0. The molecule has 112 valence electrons. The summed E-state index contributed by atoms with van der Waals surface area (Å²) >= 11 is 0. The van der Waals surface area contributed by atoms with Crippen molar-refractivity contribution in [3.8, 4) is 0 Å². The molecule has 0 unspecified atom stereocenters. The SMILES string of the molecule is C=CCOC(=O)c1c(C)nc2c(c1N)c1ccccc1n2C. The van der Waals surface area contributed by atoms with Gasteiger partial charge in [-0.2, -0.15) is 0 Å². The van der Waals surface area contributed by atoms with E-state index in [0.29, 0.717) is 16.9 Å². The van der Waals surface area contributed by atoms with Crippen LogP contribution < -0.4 is 5.73 Å². The molecule has 5 nitrogen and oxygen atoms in total. The average Bonchev–Trinajstić information content (AvgIpc) is 2.79. The number of rotatable bonds is 3. The number of nitrogens with zero attached hydrogens (tertiary/aromatic N) is 2. The summed E-state index contributed by atoms with van der Waals surface area (Å²) in [6, 6.07) is 7.88. The van der Waals surface area contributed by atoms with Gasteiger partial charge in [0.2, 0.25) is 0 Å². The number of nitrogens with two attached hydrogens (primary N) is 1. The van der Waals surface area contributed by atoms with Gasteiger partial charge in [-0.1, -0.05) is 30.9 Å². The van der Waals surface area contributed by atoms with Crippen LogP contribution in [0.1, 0.15) is 16.1 Å². The van der Waals surface area contributed by atoms with Crippen LogP contribution >= 0.6 is 0 Å². The number of aromatic nitrogens is 2. The van der Waals surface area contributed by atoms with Gasteiger partial charge in [-0.25, -0.2) is 9.78 Å². The number of nitrogen functional groups attached to an aromatic ring is 1. The van der Waals surface area contributed by atoms with Gasteiger partial charge < -0.3 is 15.0 Å². The molecule has 22 heavy (non-hydrogen) atoms. The topological polar surface area (TPSA) is 70.1 Å². The minimum atomic E-state index is -0.475. The van der Waals surface area contributed by atoms with E-state index in [2.05, 4.69) is 11.6 Å². The fourth-order valence-corrected chi connectivity index (χ4v) is 2.78. The Hall–Kier alpha value is -2.82. The molecule has 1 aromatic carbocycles. The summed E-state index contributed by atoms with van der Waals surface area (Å²) in [7, 11) is 1.94. The fourth-order valence-electron chi connectivity index (χ4n) is 2.78. The maximum absolute atomic E-state index is 12.2. The quantitative estimate of drug-likeness (QED) is 0.595. The highest BCUT2D eigenvalue weighted by Gasteiger charge is 2.22. The molecule has 3 aromatic rings. The Morgan fingerprint density at radius 3 is 2.91 bits per heavy atom. The molecule has 0 atom stereocenters. The first-order chi connectivity index (χ1) is 10.6. The molecule has 0 amide bonds. The number of hydrogen-bond donors (Lipinski definition) is 1. The fraction of sp³-hybridized carbons (Fsp3) is 0.176. The van der Waals surface area contributed by atoms with E-state index in [1.807, 2.05) is 35.9 Å². The van der Waals surface area contributed by atoms with Gasteiger partial charge in [0.05, 0.1) is 22.3 Å². The number of ether oxygens (including phenoxy) is 1. The summed E-state index contributed by atoms with van der Waals surface area (Å²) in [6.07, 6.45) is 1.52. The summed E-state index contributed by atoms with van der Waals surface area (Å²) in [6.45, 7) is 5.44. The molecule has 5 heteroatoms. The van der Waals surface area contributed by atoms with Gasteiger partial charge >= 0.3 is 5.97 Å². The van der Waals surface area contributed by atoms with Gasteiger partial charge in [-0.05, 0) is 13.0 Å². The predicted molar refractivity (Wildman–Crippen MR) is 87.8 cm³/mol. The summed E-state index contributed by atoms with van der Waals surface area (Å²) in [5.41, 5.74) is 9.37. The van der Waals surface area contributed by atoms with E-state index >= 15 is 0 Å². The number of pyridine rings is 1. The first kappa shape index (κ1) is 14.1. The number of carbonyl (C=O) groups excluding carboxylic acids is 1. The maximum atomic E-state index is 12.2. The molecule has 0 bridgehead atoms. The Bertz CT molecular complexity index is 909. The van der Waals surface area contributed by atoms with Crippen LogP contribution in [0.4, 0.5) is 5.69 Å². The highest BCUT2D eigenvalue weighted by molar-refractivity contribution is 6.16. The Labute approximate surface area is 128 Å². The zero-order valence-corrected chi connectivity index (χ0v) is 12.6. The molecule has 0 spiro atoms. The third-order valence-corrected chi connectivity index (χ3v) is 3.79. The second kappa shape index (κ2) is 5.18. The van der Waals surface area contributed by atoms with Crippen LogP contribution in [0.3, 0.4) is 0 Å². The number of fused-ring (bicyclic) bond motifs is 3. The molecule has 0 aliphatic heterocycles. The van der Waals surface area contributed by atoms with Crippen LogP contribution in [0.15, 0.2) is 36.9 Å². The summed E-state index contributed by atoms with van der Waals surface area (Å²) in [4.78, 5) is 16.8. The van der Waals surface area contributed by atoms with E-state index < -0.39 is 5.97 Å². The van der Waals surface area contributed by atoms with Crippen molar-refractivity contribution in [3.05, 3.63) is 48.2 Å². The summed E-state index contributed by atoms with van der Waals surface area (Å²) in [5, 5.41) is 1.76. The number of para-hydroxylation sites is 1. The van der Waals surface area contributed by atoms with Crippen LogP contribution in [0.5, 0.6) is 0 Å². The molecule has 0 saturated heterocycles. The zero-order valence-electron chi connectivity index (χ0n) is 12.6. The highest BCUT2D eigenvalue weighted by Crippen LogP contribution is 2.34. The lowest BCUT2D eigenvalue weighted by Crippen LogP contribution is -2.12. The highest BCUT2D eigenvalue weighted by atomic mass is 16.5. The average molecular weight is 295 g/mol. The van der Waals surface area contributed by atoms with Crippen molar-refractivity contribution in [3.63, 3.8) is 0 Å². The van der Waals surface area contributed by atoms with Gasteiger partial charge in [0, 0.05) is 12.4 Å². The molecular weight excluding hydrogens is 278 g/mol. The van der Waals surface area contributed by atoms with E-state index in [1.54, 1.807) is 6.92 Å². The van der Waals surface area contributed by atoms with E-state index in [-0.39, 0.29) is 6.61 Å². The Kier molecular flexibility index (Phi) is 3.33. The van der Waals surface area contributed by atoms with Gasteiger partial charge in [-0.3, -0.25) is 0 Å². The van der Waals surface area contributed by atoms with Crippen LogP contribution in [0.2, 0.25) is 0 Å². The van der Waals surface area contributed by atoms with Gasteiger partial charge in [0.15, 0.2) is 0 Å².